The van der Waals surface area contributed by atoms with Crippen LogP contribution in [0.25, 0.3) is 0 Å². The van der Waals surface area contributed by atoms with Crippen LogP contribution in [0.5, 0.6) is 0 Å². The fourth-order valence-corrected chi connectivity index (χ4v) is 3.13. The smallest absolute Gasteiger partial charge is 0.329 e. The second-order valence-electron chi connectivity index (χ2n) is 3.55. The Balaban J connectivity index is 3.03. The maximum absolute atomic E-state index is 12.5. The molecule has 1 fully saturated rings. The summed E-state index contributed by atoms with van der Waals surface area (Å²) in [4.78, 5) is 22.3. The van der Waals surface area contributed by atoms with Crippen molar-refractivity contribution in [3.05, 3.63) is 0 Å². The van der Waals surface area contributed by atoms with Crippen LogP contribution in [0.15, 0.2) is 0 Å². The van der Waals surface area contributed by atoms with Crippen molar-refractivity contribution in [2.45, 2.75) is 24.1 Å². The highest BCUT2D eigenvalue weighted by Gasteiger charge is 2.42. The lowest BCUT2D eigenvalue weighted by atomic mass is 10.2. The summed E-state index contributed by atoms with van der Waals surface area (Å²) in [5.41, 5.74) is 0. The van der Waals surface area contributed by atoms with Crippen LogP contribution in [-0.4, -0.2) is 50.9 Å². The topological polar surface area (TPSA) is 89.5 Å². The van der Waals surface area contributed by atoms with Crippen molar-refractivity contribution in [1.82, 2.24) is 5.32 Å². The monoisotopic (exact) mass is 271 g/mol. The van der Waals surface area contributed by atoms with E-state index in [1.807, 2.05) is 5.32 Å². The van der Waals surface area contributed by atoms with Gasteiger partial charge in [0.05, 0.1) is 12.9 Å². The zero-order valence-corrected chi connectivity index (χ0v) is 9.67. The summed E-state index contributed by atoms with van der Waals surface area (Å²) < 4.78 is 52.4. The molecule has 1 aliphatic heterocycles. The fraction of sp³-hybridized carbons (Fsp3) is 0.750. The maximum Gasteiger partial charge on any atom is 0.329 e. The van der Waals surface area contributed by atoms with Crippen LogP contribution in [-0.2, 0) is 24.2 Å². The Kier molecular flexibility index (Phi) is 4.02. The van der Waals surface area contributed by atoms with Crippen molar-refractivity contribution in [2.75, 3.05) is 12.9 Å². The average molecular weight is 271 g/mol. The summed E-state index contributed by atoms with van der Waals surface area (Å²) in [6.07, 6.45) is -4.02. The quantitative estimate of drug-likeness (QED) is 0.657. The van der Waals surface area contributed by atoms with Crippen molar-refractivity contribution < 1.29 is 31.5 Å². The minimum Gasteiger partial charge on any atom is -0.467 e. The molecular formula is C8H11F2NO5S. The first-order chi connectivity index (χ1) is 7.77. The highest BCUT2D eigenvalue weighted by atomic mass is 32.2. The van der Waals surface area contributed by atoms with Gasteiger partial charge in [0.15, 0.2) is 9.84 Å². The number of amides is 1. The van der Waals surface area contributed by atoms with E-state index in [4.69, 9.17) is 0 Å². The second kappa shape index (κ2) is 4.94. The number of alkyl halides is 2. The normalized spacial score (nSPS) is 28.4. The number of nitrogens with one attached hydrogen (secondary N) is 1. The maximum atomic E-state index is 12.5. The Morgan fingerprint density at radius 2 is 2.12 bits per heavy atom. The molecule has 1 N–H and O–H groups in total. The minimum atomic E-state index is -4.23. The van der Waals surface area contributed by atoms with Gasteiger partial charge in [0.25, 0.3) is 6.43 Å². The van der Waals surface area contributed by atoms with Gasteiger partial charge in [-0.1, -0.05) is 0 Å². The van der Waals surface area contributed by atoms with Crippen molar-refractivity contribution in [3.63, 3.8) is 0 Å². The first kappa shape index (κ1) is 13.8. The second-order valence-corrected chi connectivity index (χ2v) is 5.81. The Hall–Kier alpha value is -1.25. The number of ether oxygens (including phenoxy) is 1. The predicted octanol–water partition coefficient (Wildman–Crippen LogP) is -0.904. The number of rotatable bonds is 2. The van der Waals surface area contributed by atoms with Crippen LogP contribution in [0.1, 0.15) is 6.42 Å². The molecule has 0 radical (unpaired) electrons. The molecule has 0 spiro atoms. The summed E-state index contributed by atoms with van der Waals surface area (Å²) >= 11 is 0. The molecule has 0 bridgehead atoms. The van der Waals surface area contributed by atoms with E-state index < -0.39 is 51.6 Å². The zero-order valence-electron chi connectivity index (χ0n) is 8.85. The van der Waals surface area contributed by atoms with Gasteiger partial charge in [0, 0.05) is 6.42 Å². The highest BCUT2D eigenvalue weighted by molar-refractivity contribution is 7.92. The van der Waals surface area contributed by atoms with Gasteiger partial charge in [-0.3, -0.25) is 4.79 Å². The van der Waals surface area contributed by atoms with Crippen LogP contribution in [0.2, 0.25) is 0 Å². The molecule has 9 heteroatoms. The Morgan fingerprint density at radius 3 is 2.59 bits per heavy atom. The molecule has 1 amide bonds. The molecular weight excluding hydrogens is 260 g/mol. The van der Waals surface area contributed by atoms with Crippen molar-refractivity contribution in [3.8, 4) is 0 Å². The summed E-state index contributed by atoms with van der Waals surface area (Å²) in [5.74, 6) is -2.76. The van der Waals surface area contributed by atoms with Gasteiger partial charge in [-0.15, -0.1) is 0 Å². The number of methoxy groups -OCH3 is 1. The molecule has 1 heterocycles. The van der Waals surface area contributed by atoms with E-state index in [1.165, 1.54) is 0 Å². The van der Waals surface area contributed by atoms with Crippen LogP contribution < -0.4 is 5.32 Å². The van der Waals surface area contributed by atoms with Crippen LogP contribution in [0, 0.1) is 0 Å². The molecule has 0 aromatic carbocycles. The zero-order chi connectivity index (χ0) is 13.2. The summed E-state index contributed by atoms with van der Waals surface area (Å²) in [5, 5.41) is -0.0280. The average Bonchev–Trinajstić information content (AvgIpc) is 2.33. The molecule has 98 valence electrons. The number of carbonyl (C=O) groups is 2. The predicted molar refractivity (Wildman–Crippen MR) is 52.1 cm³/mol. The summed E-state index contributed by atoms with van der Waals surface area (Å²) in [6, 6.07) is -1.43. The molecule has 2 unspecified atom stereocenters. The van der Waals surface area contributed by atoms with Crippen LogP contribution in [0.4, 0.5) is 8.78 Å². The van der Waals surface area contributed by atoms with E-state index in [-0.39, 0.29) is 0 Å². The van der Waals surface area contributed by atoms with Gasteiger partial charge >= 0.3 is 5.97 Å². The number of hydrogen-bond acceptors (Lipinski definition) is 5. The fourth-order valence-electron chi connectivity index (χ4n) is 1.48. The van der Waals surface area contributed by atoms with Crippen LogP contribution >= 0.6 is 0 Å². The van der Waals surface area contributed by atoms with E-state index in [0.717, 1.165) is 7.11 Å². The van der Waals surface area contributed by atoms with Crippen molar-refractivity contribution in [1.29, 1.82) is 0 Å². The molecule has 1 rings (SSSR count). The molecule has 6 nitrogen and oxygen atoms in total. The standard InChI is InChI=1S/C8H11F2NO5S/c1-16-8(13)4-3-17(14,15)5(7(9)10)2-6(12)11-4/h4-5,7H,2-3H2,1H3,(H,11,12). The number of carbonyl (C=O) groups excluding carboxylic acids is 2. The van der Waals surface area contributed by atoms with Gasteiger partial charge in [-0.2, -0.15) is 0 Å². The van der Waals surface area contributed by atoms with Crippen LogP contribution in [0.3, 0.4) is 0 Å². The van der Waals surface area contributed by atoms with E-state index in [1.54, 1.807) is 0 Å². The number of halogens is 2. The molecule has 1 saturated heterocycles. The SMILES string of the molecule is COC(=O)C1CS(=O)(=O)C(C(F)F)CC(=O)N1. The van der Waals surface area contributed by atoms with Gasteiger partial charge in [0.1, 0.15) is 11.3 Å². The van der Waals surface area contributed by atoms with Gasteiger partial charge in [-0.05, 0) is 0 Å². The van der Waals surface area contributed by atoms with E-state index in [9.17, 15) is 26.8 Å². The van der Waals surface area contributed by atoms with Crippen molar-refractivity contribution in [2.24, 2.45) is 0 Å². The first-order valence-electron chi connectivity index (χ1n) is 4.65. The number of esters is 1. The van der Waals surface area contributed by atoms with Crippen molar-refractivity contribution >= 4 is 21.7 Å². The molecule has 17 heavy (non-hydrogen) atoms. The molecule has 0 aromatic heterocycles. The number of hydrogen-bond donors (Lipinski definition) is 1. The Morgan fingerprint density at radius 1 is 1.53 bits per heavy atom. The molecule has 0 saturated carbocycles. The van der Waals surface area contributed by atoms with Gasteiger partial charge in [-0.25, -0.2) is 22.0 Å². The van der Waals surface area contributed by atoms with E-state index in [2.05, 4.69) is 4.74 Å². The molecule has 0 aromatic rings. The molecule has 0 aliphatic carbocycles. The lowest BCUT2D eigenvalue weighted by molar-refractivity contribution is -0.144. The molecule has 2 atom stereocenters. The van der Waals surface area contributed by atoms with E-state index >= 15 is 0 Å². The van der Waals surface area contributed by atoms with E-state index in [0.29, 0.717) is 0 Å². The third kappa shape index (κ3) is 3.11. The minimum absolute atomic E-state index is 0.854. The Bertz CT molecular complexity index is 422. The summed E-state index contributed by atoms with van der Waals surface area (Å²) in [6.45, 7) is 0. The lowest BCUT2D eigenvalue weighted by Crippen LogP contribution is -2.43. The Labute approximate surface area is 96.2 Å². The highest BCUT2D eigenvalue weighted by Crippen LogP contribution is 2.20. The largest absolute Gasteiger partial charge is 0.467 e. The van der Waals surface area contributed by atoms with Gasteiger partial charge in [0.2, 0.25) is 5.91 Å². The third-order valence-corrected chi connectivity index (χ3v) is 4.44. The molecule has 1 aliphatic rings. The first-order valence-corrected chi connectivity index (χ1v) is 6.36. The summed E-state index contributed by atoms with van der Waals surface area (Å²) in [7, 11) is -3.22. The van der Waals surface area contributed by atoms with Gasteiger partial charge < -0.3 is 10.1 Å². The lowest BCUT2D eigenvalue weighted by Gasteiger charge is -2.13. The third-order valence-electron chi connectivity index (χ3n) is 2.35. The number of sulfone groups is 1.